The molecule has 3 aromatic rings. The second kappa shape index (κ2) is 7.58. The minimum atomic E-state index is -0.595. The number of carbonyl (C=O) groups is 1. The Morgan fingerprint density at radius 2 is 1.81 bits per heavy atom. The Morgan fingerprint density at radius 1 is 1.15 bits per heavy atom. The molecule has 0 spiro atoms. The van der Waals surface area contributed by atoms with Gasteiger partial charge in [-0.2, -0.15) is 4.98 Å². The van der Waals surface area contributed by atoms with E-state index in [1.165, 1.54) is 12.7 Å². The number of hydrogen-bond donors (Lipinski definition) is 1. The lowest BCUT2D eigenvalue weighted by molar-refractivity contribution is -0.115. The lowest BCUT2D eigenvalue weighted by atomic mass is 10.1. The van der Waals surface area contributed by atoms with Gasteiger partial charge in [0.05, 0.1) is 12.8 Å². The molecule has 0 aliphatic rings. The second-order valence-electron chi connectivity index (χ2n) is 5.85. The normalized spacial score (nSPS) is 11.8. The molecule has 6 nitrogen and oxygen atoms in total. The molecule has 3 rings (SSSR count). The number of nitrogens with zero attached hydrogens (tertiary/aromatic N) is 3. The molecule has 1 aromatic heterocycles. The smallest absolute Gasteiger partial charge is 0.336 e. The molecule has 1 N–H and O–H groups in total. The van der Waals surface area contributed by atoms with Crippen LogP contribution >= 0.6 is 11.6 Å². The van der Waals surface area contributed by atoms with E-state index in [9.17, 15) is 4.79 Å². The molecular formula is C19H19ClN4O2. The summed E-state index contributed by atoms with van der Waals surface area (Å²) in [5, 5.41) is 6.54. The average Bonchev–Trinajstić information content (AvgIpc) is 3.07. The van der Waals surface area contributed by atoms with Crippen LogP contribution in [0.5, 0.6) is 6.01 Å². The summed E-state index contributed by atoms with van der Waals surface area (Å²) in [6, 6.07) is 15.6. The van der Waals surface area contributed by atoms with Gasteiger partial charge in [-0.25, -0.2) is 4.68 Å². The lowest BCUT2D eigenvalue weighted by Gasteiger charge is -2.09. The van der Waals surface area contributed by atoms with Crippen molar-refractivity contribution in [3.63, 3.8) is 0 Å². The highest BCUT2D eigenvalue weighted by Gasteiger charge is 2.14. The number of halogens is 1. The monoisotopic (exact) mass is 370 g/mol. The Morgan fingerprint density at radius 3 is 2.38 bits per heavy atom. The van der Waals surface area contributed by atoms with Crippen molar-refractivity contribution >= 4 is 23.2 Å². The molecule has 134 valence electrons. The first kappa shape index (κ1) is 17.9. The maximum atomic E-state index is 11.7. The van der Waals surface area contributed by atoms with Crippen LogP contribution in [-0.4, -0.2) is 33.2 Å². The third-order valence-electron chi connectivity index (χ3n) is 3.82. The van der Waals surface area contributed by atoms with E-state index in [4.69, 9.17) is 16.3 Å². The topological polar surface area (TPSA) is 69.0 Å². The predicted molar refractivity (Wildman–Crippen MR) is 102 cm³/mol. The summed E-state index contributed by atoms with van der Waals surface area (Å²) in [5.74, 6) is 0.426. The van der Waals surface area contributed by atoms with Gasteiger partial charge in [-0.1, -0.05) is 29.8 Å². The zero-order chi connectivity index (χ0) is 18.7. The van der Waals surface area contributed by atoms with Crippen LogP contribution in [0, 0.1) is 6.92 Å². The molecule has 0 bridgehead atoms. The second-order valence-corrected chi connectivity index (χ2v) is 6.51. The van der Waals surface area contributed by atoms with E-state index in [1.807, 2.05) is 43.3 Å². The van der Waals surface area contributed by atoms with Gasteiger partial charge in [0.2, 0.25) is 5.91 Å². The van der Waals surface area contributed by atoms with Gasteiger partial charge in [-0.05, 0) is 38.1 Å². The van der Waals surface area contributed by atoms with Gasteiger partial charge in [0.25, 0.3) is 0 Å². The maximum Gasteiger partial charge on any atom is 0.336 e. The molecule has 1 atom stereocenters. The van der Waals surface area contributed by atoms with Crippen molar-refractivity contribution in [1.29, 1.82) is 0 Å². The third kappa shape index (κ3) is 3.86. The molecule has 0 aliphatic carbocycles. The van der Waals surface area contributed by atoms with Gasteiger partial charge >= 0.3 is 6.01 Å². The maximum absolute atomic E-state index is 11.7. The molecule has 0 saturated carbocycles. The van der Waals surface area contributed by atoms with Crippen LogP contribution in [0.15, 0.2) is 48.5 Å². The minimum Gasteiger partial charge on any atom is -0.466 e. The number of nitrogens with one attached hydrogen (secondary N) is 1. The number of methoxy groups -OCH3 is 1. The summed E-state index contributed by atoms with van der Waals surface area (Å²) >= 11 is 5.78. The molecule has 0 radical (unpaired) electrons. The molecule has 0 aliphatic heterocycles. The van der Waals surface area contributed by atoms with E-state index in [-0.39, 0.29) is 11.9 Å². The fourth-order valence-corrected chi connectivity index (χ4v) is 2.43. The number of alkyl halides is 1. The van der Waals surface area contributed by atoms with Gasteiger partial charge in [-0.15, -0.1) is 16.7 Å². The van der Waals surface area contributed by atoms with Gasteiger partial charge in [-0.3, -0.25) is 4.79 Å². The van der Waals surface area contributed by atoms with Gasteiger partial charge in [0, 0.05) is 11.3 Å². The Labute approximate surface area is 156 Å². The number of carbonyl (C=O) groups excluding carboxylic acids is 1. The molecule has 1 heterocycles. The quantitative estimate of drug-likeness (QED) is 0.693. The average molecular weight is 371 g/mol. The van der Waals surface area contributed by atoms with E-state index in [2.05, 4.69) is 15.4 Å². The molecule has 2 aromatic carbocycles. The number of aryl methyl sites for hydroxylation is 1. The third-order valence-corrected chi connectivity index (χ3v) is 4.02. The van der Waals surface area contributed by atoms with E-state index in [0.717, 1.165) is 11.3 Å². The molecule has 0 saturated heterocycles. The number of hydrogen-bond acceptors (Lipinski definition) is 4. The summed E-state index contributed by atoms with van der Waals surface area (Å²) in [6.45, 7) is 3.66. The summed E-state index contributed by atoms with van der Waals surface area (Å²) in [6.07, 6.45) is 0. The number of amides is 1. The Bertz CT molecular complexity index is 902. The number of benzene rings is 2. The first-order chi connectivity index (χ1) is 12.5. The van der Waals surface area contributed by atoms with Crippen molar-refractivity contribution in [3.8, 4) is 23.1 Å². The number of aromatic nitrogens is 3. The molecule has 0 fully saturated rings. The van der Waals surface area contributed by atoms with Crippen molar-refractivity contribution in [1.82, 2.24) is 14.8 Å². The van der Waals surface area contributed by atoms with Crippen LogP contribution in [0.4, 0.5) is 5.69 Å². The fourth-order valence-electron chi connectivity index (χ4n) is 2.38. The van der Waals surface area contributed by atoms with Crippen molar-refractivity contribution < 1.29 is 9.53 Å². The van der Waals surface area contributed by atoms with Gasteiger partial charge in [0.15, 0.2) is 5.82 Å². The molecule has 1 amide bonds. The molecule has 26 heavy (non-hydrogen) atoms. The zero-order valence-electron chi connectivity index (χ0n) is 14.7. The highest BCUT2D eigenvalue weighted by atomic mass is 35.5. The number of ether oxygens (including phenoxy) is 1. The first-order valence-electron chi connectivity index (χ1n) is 8.11. The number of rotatable bonds is 5. The van der Waals surface area contributed by atoms with Crippen molar-refractivity contribution in [2.45, 2.75) is 19.2 Å². The summed E-state index contributed by atoms with van der Waals surface area (Å²) in [4.78, 5) is 16.1. The van der Waals surface area contributed by atoms with Crippen LogP contribution in [0.2, 0.25) is 0 Å². The summed E-state index contributed by atoms with van der Waals surface area (Å²) < 4.78 is 6.90. The van der Waals surface area contributed by atoms with Crippen molar-refractivity contribution in [2.24, 2.45) is 0 Å². The van der Waals surface area contributed by atoms with Crippen LogP contribution in [0.1, 0.15) is 12.5 Å². The van der Waals surface area contributed by atoms with Crippen LogP contribution in [0.3, 0.4) is 0 Å². The first-order valence-corrected chi connectivity index (χ1v) is 8.55. The molecular weight excluding hydrogens is 352 g/mol. The van der Waals surface area contributed by atoms with Crippen molar-refractivity contribution in [2.75, 3.05) is 12.4 Å². The van der Waals surface area contributed by atoms with E-state index >= 15 is 0 Å². The lowest BCUT2D eigenvalue weighted by Crippen LogP contribution is -2.20. The van der Waals surface area contributed by atoms with Crippen LogP contribution in [-0.2, 0) is 4.79 Å². The van der Waals surface area contributed by atoms with Crippen molar-refractivity contribution in [3.05, 3.63) is 54.1 Å². The number of anilines is 1. The highest BCUT2D eigenvalue weighted by Crippen LogP contribution is 2.24. The van der Waals surface area contributed by atoms with Gasteiger partial charge < -0.3 is 10.1 Å². The minimum absolute atomic E-state index is 0.248. The Kier molecular flexibility index (Phi) is 5.23. The molecule has 0 unspecified atom stereocenters. The van der Waals surface area contributed by atoms with E-state index < -0.39 is 5.38 Å². The fraction of sp³-hybridized carbons (Fsp3) is 0.211. The summed E-state index contributed by atoms with van der Waals surface area (Å²) in [5.41, 5.74) is 3.56. The highest BCUT2D eigenvalue weighted by molar-refractivity contribution is 6.32. The SMILES string of the molecule is COc1nc(-c2ccc(C)cc2)n(-c2ccc(NC(=O)[C@H](C)Cl)cc2)n1. The summed E-state index contributed by atoms with van der Waals surface area (Å²) in [7, 11) is 1.53. The Hall–Kier alpha value is -2.86. The zero-order valence-corrected chi connectivity index (χ0v) is 15.5. The molecule has 7 heteroatoms. The van der Waals surface area contributed by atoms with Gasteiger partial charge in [0.1, 0.15) is 5.38 Å². The van der Waals surface area contributed by atoms with E-state index in [0.29, 0.717) is 11.5 Å². The van der Waals surface area contributed by atoms with E-state index in [1.54, 1.807) is 23.7 Å². The van der Waals surface area contributed by atoms with Crippen LogP contribution < -0.4 is 10.1 Å². The Balaban J connectivity index is 1.94. The predicted octanol–water partition coefficient (Wildman–Crippen LogP) is 3.82. The van der Waals surface area contributed by atoms with Crippen LogP contribution in [0.25, 0.3) is 17.1 Å². The largest absolute Gasteiger partial charge is 0.466 e. The standard InChI is InChI=1S/C19H19ClN4O2/c1-12-4-6-14(7-5-12)17-22-19(26-3)23-24(17)16-10-8-15(9-11-16)21-18(25)13(2)20/h4-11,13H,1-3H3,(H,21,25)/t13-/m0/s1.